The van der Waals surface area contributed by atoms with Crippen molar-refractivity contribution >= 4 is 17.8 Å². The summed E-state index contributed by atoms with van der Waals surface area (Å²) in [6.45, 7) is 10.8. The minimum absolute atomic E-state index is 0.145. The van der Waals surface area contributed by atoms with Crippen molar-refractivity contribution in [2.24, 2.45) is 29.2 Å². The van der Waals surface area contributed by atoms with E-state index in [1.54, 1.807) is 20.8 Å². The summed E-state index contributed by atoms with van der Waals surface area (Å²) in [5, 5.41) is 9.53. The standard InChI is InChI=1S/C17H33N3O4/c1-7-11(6)13(19)16(22)20(14(10(4)5)17(23)24)15(21)12(18)8-9(2)3/h9-14H,7-8,18-19H2,1-6H3,(H,23,24). The molecule has 0 aromatic heterocycles. The van der Waals surface area contributed by atoms with Crippen LogP contribution in [0, 0.1) is 17.8 Å². The molecule has 140 valence electrons. The number of hydrogen-bond acceptors (Lipinski definition) is 5. The van der Waals surface area contributed by atoms with Gasteiger partial charge in [0.05, 0.1) is 12.1 Å². The van der Waals surface area contributed by atoms with E-state index < -0.39 is 41.8 Å². The molecular weight excluding hydrogens is 310 g/mol. The normalized spacial score (nSPS) is 16.6. The first kappa shape index (κ1) is 22.5. The number of nitrogens with zero attached hydrogens (tertiary/aromatic N) is 1. The van der Waals surface area contributed by atoms with Crippen LogP contribution in [0.1, 0.15) is 54.4 Å². The fraction of sp³-hybridized carbons (Fsp3) is 0.824. The summed E-state index contributed by atoms with van der Waals surface area (Å²) in [6.07, 6.45) is 1.01. The van der Waals surface area contributed by atoms with Crippen molar-refractivity contribution in [3.05, 3.63) is 0 Å². The number of carboxylic acid groups (broad SMARTS) is 1. The highest BCUT2D eigenvalue weighted by Gasteiger charge is 2.41. The third kappa shape index (κ3) is 5.87. The predicted octanol–water partition coefficient (Wildman–Crippen LogP) is 1.20. The SMILES string of the molecule is CCC(C)C(N)C(=O)N(C(=O)C(N)CC(C)C)C(C(=O)O)C(C)C. The van der Waals surface area contributed by atoms with Crippen molar-refractivity contribution in [2.45, 2.75) is 72.5 Å². The summed E-state index contributed by atoms with van der Waals surface area (Å²) < 4.78 is 0. The van der Waals surface area contributed by atoms with Gasteiger partial charge in [0.1, 0.15) is 6.04 Å². The lowest BCUT2D eigenvalue weighted by atomic mass is 9.94. The molecule has 0 saturated heterocycles. The molecule has 0 fully saturated rings. The van der Waals surface area contributed by atoms with E-state index in [4.69, 9.17) is 11.5 Å². The van der Waals surface area contributed by atoms with Crippen LogP contribution in [0.3, 0.4) is 0 Å². The molecule has 2 amide bonds. The minimum atomic E-state index is -1.28. The maximum absolute atomic E-state index is 12.8. The van der Waals surface area contributed by atoms with Crippen LogP contribution >= 0.6 is 0 Å². The Morgan fingerprint density at radius 1 is 1.00 bits per heavy atom. The second kappa shape index (κ2) is 9.74. The van der Waals surface area contributed by atoms with Crippen molar-refractivity contribution in [3.8, 4) is 0 Å². The lowest BCUT2D eigenvalue weighted by Crippen LogP contribution is -2.60. The quantitative estimate of drug-likeness (QED) is 0.577. The van der Waals surface area contributed by atoms with Gasteiger partial charge in [-0.2, -0.15) is 0 Å². The van der Waals surface area contributed by atoms with E-state index in [1.807, 2.05) is 20.8 Å². The number of rotatable bonds is 9. The number of hydrogen-bond donors (Lipinski definition) is 3. The average Bonchev–Trinajstić information content (AvgIpc) is 2.47. The molecule has 0 rings (SSSR count). The van der Waals surface area contributed by atoms with Gasteiger partial charge >= 0.3 is 5.97 Å². The molecule has 24 heavy (non-hydrogen) atoms. The van der Waals surface area contributed by atoms with Crippen molar-refractivity contribution in [1.29, 1.82) is 0 Å². The molecule has 0 saturated carbocycles. The number of amides is 2. The summed E-state index contributed by atoms with van der Waals surface area (Å²) in [5.74, 6) is -3.06. The topological polar surface area (TPSA) is 127 Å². The zero-order valence-corrected chi connectivity index (χ0v) is 15.7. The van der Waals surface area contributed by atoms with Crippen LogP contribution in [0.5, 0.6) is 0 Å². The van der Waals surface area contributed by atoms with Crippen molar-refractivity contribution < 1.29 is 19.5 Å². The largest absolute Gasteiger partial charge is 0.480 e. The molecule has 0 aromatic rings. The Kier molecular flexibility index (Phi) is 9.14. The Balaban J connectivity index is 5.79. The number of carboxylic acids is 1. The molecule has 7 heteroatoms. The van der Waals surface area contributed by atoms with Crippen LogP contribution in [-0.4, -0.2) is 45.9 Å². The molecule has 0 aliphatic carbocycles. The van der Waals surface area contributed by atoms with E-state index in [-0.39, 0.29) is 11.8 Å². The minimum Gasteiger partial charge on any atom is -0.480 e. The number of aliphatic carboxylic acids is 1. The van der Waals surface area contributed by atoms with Crippen LogP contribution in [-0.2, 0) is 14.4 Å². The summed E-state index contributed by atoms with van der Waals surface area (Å²) >= 11 is 0. The molecule has 0 radical (unpaired) electrons. The second-order valence-electron chi connectivity index (χ2n) is 7.22. The number of imide groups is 1. The van der Waals surface area contributed by atoms with Gasteiger partial charge in [-0.05, 0) is 24.2 Å². The average molecular weight is 343 g/mol. The van der Waals surface area contributed by atoms with E-state index in [0.29, 0.717) is 12.8 Å². The van der Waals surface area contributed by atoms with Crippen LogP contribution in [0.4, 0.5) is 0 Å². The molecule has 0 spiro atoms. The molecule has 4 unspecified atom stereocenters. The van der Waals surface area contributed by atoms with E-state index in [0.717, 1.165) is 4.90 Å². The fourth-order valence-corrected chi connectivity index (χ4v) is 2.52. The highest BCUT2D eigenvalue weighted by Crippen LogP contribution is 2.19. The molecule has 0 bridgehead atoms. The van der Waals surface area contributed by atoms with Crippen molar-refractivity contribution in [2.75, 3.05) is 0 Å². The maximum Gasteiger partial charge on any atom is 0.327 e. The van der Waals surface area contributed by atoms with E-state index in [9.17, 15) is 19.5 Å². The molecule has 0 aliphatic heterocycles. The monoisotopic (exact) mass is 343 g/mol. The molecule has 0 aliphatic rings. The van der Waals surface area contributed by atoms with E-state index in [1.165, 1.54) is 0 Å². The van der Waals surface area contributed by atoms with Gasteiger partial charge in [-0.15, -0.1) is 0 Å². The van der Waals surface area contributed by atoms with Crippen LogP contribution in [0.15, 0.2) is 0 Å². The Hall–Kier alpha value is -1.47. The van der Waals surface area contributed by atoms with Gasteiger partial charge in [-0.25, -0.2) is 4.79 Å². The fourth-order valence-electron chi connectivity index (χ4n) is 2.52. The third-order valence-electron chi connectivity index (χ3n) is 4.22. The van der Waals surface area contributed by atoms with Crippen molar-refractivity contribution in [1.82, 2.24) is 4.90 Å². The van der Waals surface area contributed by atoms with E-state index >= 15 is 0 Å². The lowest BCUT2D eigenvalue weighted by molar-refractivity contribution is -0.161. The van der Waals surface area contributed by atoms with E-state index in [2.05, 4.69) is 0 Å². The Morgan fingerprint density at radius 3 is 1.83 bits per heavy atom. The summed E-state index contributed by atoms with van der Waals surface area (Å²) in [6, 6.07) is -3.15. The Bertz CT molecular complexity index is 451. The molecule has 5 N–H and O–H groups in total. The van der Waals surface area contributed by atoms with Crippen LogP contribution in [0.2, 0.25) is 0 Å². The summed E-state index contributed by atoms with van der Waals surface area (Å²) in [5.41, 5.74) is 11.9. The first-order valence-electron chi connectivity index (χ1n) is 8.56. The second-order valence-corrected chi connectivity index (χ2v) is 7.22. The molecule has 7 nitrogen and oxygen atoms in total. The van der Waals surface area contributed by atoms with Crippen molar-refractivity contribution in [3.63, 3.8) is 0 Å². The van der Waals surface area contributed by atoms with Gasteiger partial charge < -0.3 is 16.6 Å². The summed E-state index contributed by atoms with van der Waals surface area (Å²) in [7, 11) is 0. The van der Waals surface area contributed by atoms with Gasteiger partial charge in [0.25, 0.3) is 0 Å². The Morgan fingerprint density at radius 2 is 1.50 bits per heavy atom. The Labute approximate surface area is 144 Å². The van der Waals surface area contributed by atoms with Crippen LogP contribution < -0.4 is 11.5 Å². The molecule has 0 heterocycles. The first-order chi connectivity index (χ1) is 10.9. The molecule has 4 atom stereocenters. The predicted molar refractivity (Wildman–Crippen MR) is 93.0 cm³/mol. The van der Waals surface area contributed by atoms with Gasteiger partial charge in [-0.1, -0.05) is 48.0 Å². The number of carbonyl (C=O) groups excluding carboxylic acids is 2. The number of nitrogens with two attached hydrogens (primary N) is 2. The van der Waals surface area contributed by atoms with Gasteiger partial charge in [0, 0.05) is 0 Å². The third-order valence-corrected chi connectivity index (χ3v) is 4.22. The first-order valence-corrected chi connectivity index (χ1v) is 8.56. The molecular formula is C17H33N3O4. The van der Waals surface area contributed by atoms with Gasteiger partial charge in [0.2, 0.25) is 11.8 Å². The highest BCUT2D eigenvalue weighted by molar-refractivity contribution is 6.03. The number of carbonyl (C=O) groups is 3. The highest BCUT2D eigenvalue weighted by atomic mass is 16.4. The van der Waals surface area contributed by atoms with Gasteiger partial charge in [0.15, 0.2) is 0 Å². The summed E-state index contributed by atoms with van der Waals surface area (Å²) in [4.78, 5) is 38.0. The smallest absolute Gasteiger partial charge is 0.327 e. The zero-order valence-electron chi connectivity index (χ0n) is 15.7. The van der Waals surface area contributed by atoms with Crippen LogP contribution in [0.25, 0.3) is 0 Å². The zero-order chi connectivity index (χ0) is 19.2. The van der Waals surface area contributed by atoms with Gasteiger partial charge in [-0.3, -0.25) is 14.5 Å². The maximum atomic E-state index is 12.8. The molecule has 0 aromatic carbocycles. The lowest BCUT2D eigenvalue weighted by Gasteiger charge is -2.34.